The van der Waals surface area contributed by atoms with Crippen LogP contribution in [-0.4, -0.2) is 10.8 Å². The third-order valence-electron chi connectivity index (χ3n) is 3.85. The molecule has 0 saturated carbocycles. The van der Waals surface area contributed by atoms with Crippen molar-refractivity contribution in [1.82, 2.24) is 5.43 Å². The van der Waals surface area contributed by atoms with Gasteiger partial charge in [0.05, 0.1) is 11.8 Å². The van der Waals surface area contributed by atoms with E-state index >= 15 is 0 Å². The van der Waals surface area contributed by atoms with Crippen LogP contribution in [0.1, 0.15) is 34.7 Å². The van der Waals surface area contributed by atoms with Crippen molar-refractivity contribution in [3.8, 4) is 5.75 Å². The second-order valence-corrected chi connectivity index (χ2v) is 6.43. The van der Waals surface area contributed by atoms with Crippen molar-refractivity contribution in [2.24, 2.45) is 5.10 Å². The van der Waals surface area contributed by atoms with Crippen LogP contribution in [0.25, 0.3) is 0 Å². The number of nitrogens with zero attached hydrogens (tertiary/aromatic N) is 1. The van der Waals surface area contributed by atoms with Crippen molar-refractivity contribution < 1.29 is 5.11 Å². The van der Waals surface area contributed by atoms with Crippen molar-refractivity contribution >= 4 is 28.9 Å². The third kappa shape index (κ3) is 2.79. The quantitative estimate of drug-likeness (QED) is 0.831. The summed E-state index contributed by atoms with van der Waals surface area (Å²) in [5, 5.41) is 15.9. The Balaban J connectivity index is 1.89. The van der Waals surface area contributed by atoms with E-state index in [1.54, 1.807) is 6.07 Å². The molecule has 1 aliphatic rings. The highest BCUT2D eigenvalue weighted by molar-refractivity contribution is 6.35. The van der Waals surface area contributed by atoms with Gasteiger partial charge in [-0.3, -0.25) is 0 Å². The van der Waals surface area contributed by atoms with Crippen molar-refractivity contribution in [2.45, 2.75) is 26.3 Å². The molecule has 0 amide bonds. The van der Waals surface area contributed by atoms with Crippen LogP contribution >= 0.6 is 23.2 Å². The van der Waals surface area contributed by atoms with Gasteiger partial charge in [0.2, 0.25) is 0 Å². The van der Waals surface area contributed by atoms with Gasteiger partial charge in [-0.15, -0.1) is 0 Å². The number of aryl methyl sites for hydroxylation is 2. The summed E-state index contributed by atoms with van der Waals surface area (Å²) in [7, 11) is 0. The number of aromatic hydroxyl groups is 1. The SMILES string of the molecule is Cc1cc(C)c(O)c(C2=NNC(c3ccc(Cl)cc3Cl)C2)c1. The number of phenolic OH excluding ortho intramolecular Hbond substituents is 1. The molecule has 0 aromatic heterocycles. The van der Waals surface area contributed by atoms with E-state index in [0.29, 0.717) is 16.5 Å². The summed E-state index contributed by atoms with van der Waals surface area (Å²) < 4.78 is 0. The molecule has 0 saturated heterocycles. The molecule has 5 heteroatoms. The molecule has 0 bridgehead atoms. The minimum atomic E-state index is -0.0139. The Morgan fingerprint density at radius 2 is 1.95 bits per heavy atom. The molecule has 2 N–H and O–H groups in total. The van der Waals surface area contributed by atoms with Crippen LogP contribution in [-0.2, 0) is 0 Å². The largest absolute Gasteiger partial charge is 0.507 e. The molecule has 114 valence electrons. The van der Waals surface area contributed by atoms with E-state index in [0.717, 1.165) is 28.0 Å². The van der Waals surface area contributed by atoms with E-state index in [-0.39, 0.29) is 11.8 Å². The summed E-state index contributed by atoms with van der Waals surface area (Å²) in [6, 6.07) is 9.34. The van der Waals surface area contributed by atoms with Gasteiger partial charge in [0, 0.05) is 22.0 Å². The van der Waals surface area contributed by atoms with Gasteiger partial charge in [-0.25, -0.2) is 0 Å². The van der Waals surface area contributed by atoms with Crippen LogP contribution in [0.2, 0.25) is 10.0 Å². The van der Waals surface area contributed by atoms with E-state index in [9.17, 15) is 5.11 Å². The number of hydrazone groups is 1. The lowest BCUT2D eigenvalue weighted by atomic mass is 9.96. The zero-order chi connectivity index (χ0) is 15.9. The number of hydrogen-bond acceptors (Lipinski definition) is 3. The molecule has 22 heavy (non-hydrogen) atoms. The molecule has 1 heterocycles. The topological polar surface area (TPSA) is 44.6 Å². The Hall–Kier alpha value is -1.71. The maximum atomic E-state index is 10.3. The zero-order valence-electron chi connectivity index (χ0n) is 12.3. The molecule has 2 aromatic rings. The molecule has 3 rings (SSSR count). The number of rotatable bonds is 2. The van der Waals surface area contributed by atoms with Gasteiger partial charge in [0.1, 0.15) is 5.75 Å². The summed E-state index contributed by atoms with van der Waals surface area (Å²) in [4.78, 5) is 0. The summed E-state index contributed by atoms with van der Waals surface area (Å²) in [6.07, 6.45) is 0.664. The lowest BCUT2D eigenvalue weighted by molar-refractivity contribution is 0.469. The first-order chi connectivity index (χ1) is 10.5. The Morgan fingerprint density at radius 1 is 1.18 bits per heavy atom. The Morgan fingerprint density at radius 3 is 2.68 bits per heavy atom. The maximum Gasteiger partial charge on any atom is 0.127 e. The molecule has 2 aromatic carbocycles. The van der Waals surface area contributed by atoms with Crippen LogP contribution in [0, 0.1) is 13.8 Å². The van der Waals surface area contributed by atoms with Gasteiger partial charge in [-0.1, -0.05) is 35.3 Å². The Kier molecular flexibility index (Phi) is 4.02. The predicted molar refractivity (Wildman–Crippen MR) is 91.1 cm³/mol. The van der Waals surface area contributed by atoms with E-state index in [2.05, 4.69) is 10.5 Å². The monoisotopic (exact) mass is 334 g/mol. The van der Waals surface area contributed by atoms with Gasteiger partial charge >= 0.3 is 0 Å². The molecule has 0 radical (unpaired) electrons. The summed E-state index contributed by atoms with van der Waals surface area (Å²) in [5.41, 5.74) is 7.61. The van der Waals surface area contributed by atoms with Gasteiger partial charge in [0.15, 0.2) is 0 Å². The number of hydrogen-bond donors (Lipinski definition) is 2. The van der Waals surface area contributed by atoms with Crippen LogP contribution in [0.15, 0.2) is 35.4 Å². The van der Waals surface area contributed by atoms with Crippen molar-refractivity contribution in [1.29, 1.82) is 0 Å². The smallest absolute Gasteiger partial charge is 0.127 e. The molecule has 1 aliphatic heterocycles. The molecule has 1 atom stereocenters. The minimum Gasteiger partial charge on any atom is -0.507 e. The minimum absolute atomic E-state index is 0.0139. The number of phenols is 1. The lowest BCUT2D eigenvalue weighted by Gasteiger charge is -2.13. The second-order valence-electron chi connectivity index (χ2n) is 5.59. The first-order valence-electron chi connectivity index (χ1n) is 7.03. The van der Waals surface area contributed by atoms with E-state index in [1.807, 2.05) is 38.1 Å². The van der Waals surface area contributed by atoms with Crippen LogP contribution in [0.5, 0.6) is 5.75 Å². The van der Waals surface area contributed by atoms with Crippen molar-refractivity contribution in [3.05, 3.63) is 62.6 Å². The number of halogens is 2. The fourth-order valence-electron chi connectivity index (χ4n) is 2.75. The van der Waals surface area contributed by atoms with Crippen LogP contribution in [0.4, 0.5) is 0 Å². The van der Waals surface area contributed by atoms with Crippen LogP contribution < -0.4 is 5.43 Å². The summed E-state index contributed by atoms with van der Waals surface area (Å²) in [5.74, 6) is 0.286. The van der Waals surface area contributed by atoms with E-state index < -0.39 is 0 Å². The first kappa shape index (κ1) is 15.2. The zero-order valence-corrected chi connectivity index (χ0v) is 13.8. The predicted octanol–water partition coefficient (Wildman–Crippen LogP) is 4.75. The molecule has 0 spiro atoms. The average Bonchev–Trinajstić information content (AvgIpc) is 2.92. The average molecular weight is 335 g/mol. The normalized spacial score (nSPS) is 17.3. The molecule has 0 aliphatic carbocycles. The van der Waals surface area contributed by atoms with E-state index in [1.165, 1.54) is 0 Å². The molecular formula is C17H16Cl2N2O. The highest BCUT2D eigenvalue weighted by Gasteiger charge is 2.25. The fraction of sp³-hybridized carbons (Fsp3) is 0.235. The highest BCUT2D eigenvalue weighted by atomic mass is 35.5. The van der Waals surface area contributed by atoms with Crippen molar-refractivity contribution in [3.63, 3.8) is 0 Å². The highest BCUT2D eigenvalue weighted by Crippen LogP contribution is 2.34. The summed E-state index contributed by atoms with van der Waals surface area (Å²) >= 11 is 12.2. The van der Waals surface area contributed by atoms with Gasteiger partial charge in [-0.2, -0.15) is 5.10 Å². The standard InChI is InChI=1S/C17H16Cl2N2O/c1-9-5-10(2)17(22)13(6-9)16-8-15(20-21-16)12-4-3-11(18)7-14(12)19/h3-7,15,20,22H,8H2,1-2H3. The Labute approximate surface area is 139 Å². The molecule has 3 nitrogen and oxygen atoms in total. The van der Waals surface area contributed by atoms with E-state index in [4.69, 9.17) is 23.2 Å². The lowest BCUT2D eigenvalue weighted by Crippen LogP contribution is -2.10. The number of benzene rings is 2. The Bertz CT molecular complexity index is 771. The molecular weight excluding hydrogens is 319 g/mol. The first-order valence-corrected chi connectivity index (χ1v) is 7.79. The van der Waals surface area contributed by atoms with Gasteiger partial charge < -0.3 is 10.5 Å². The fourth-order valence-corrected chi connectivity index (χ4v) is 3.29. The maximum absolute atomic E-state index is 10.3. The molecule has 0 fully saturated rings. The van der Waals surface area contributed by atoms with Crippen LogP contribution in [0.3, 0.4) is 0 Å². The third-order valence-corrected chi connectivity index (χ3v) is 4.41. The van der Waals surface area contributed by atoms with Crippen molar-refractivity contribution in [2.75, 3.05) is 0 Å². The van der Waals surface area contributed by atoms with Gasteiger partial charge in [0.25, 0.3) is 0 Å². The summed E-state index contributed by atoms with van der Waals surface area (Å²) in [6.45, 7) is 3.90. The van der Waals surface area contributed by atoms with Gasteiger partial charge in [-0.05, 0) is 48.7 Å². The second kappa shape index (κ2) is 5.82. The number of nitrogens with one attached hydrogen (secondary N) is 1. The molecule has 1 unspecified atom stereocenters.